The van der Waals surface area contributed by atoms with Crippen LogP contribution in [0.3, 0.4) is 0 Å². The summed E-state index contributed by atoms with van der Waals surface area (Å²) in [7, 11) is 0. The van der Waals surface area contributed by atoms with Crippen LogP contribution in [0.25, 0.3) is 0 Å². The van der Waals surface area contributed by atoms with Gasteiger partial charge in [-0.3, -0.25) is 4.79 Å². The number of carbonyl (C=O) groups excluding carboxylic acids is 1. The molecule has 0 amide bonds. The SMILES string of the molecule is CC(C)C1=CC2=C(C(=O)CC2(C)O)C(C)CC1. The van der Waals surface area contributed by atoms with Gasteiger partial charge in [-0.1, -0.05) is 32.4 Å². The van der Waals surface area contributed by atoms with Crippen LogP contribution in [0.4, 0.5) is 0 Å². The number of allylic oxidation sites excluding steroid dienone is 2. The van der Waals surface area contributed by atoms with Crippen molar-refractivity contribution in [2.24, 2.45) is 11.8 Å². The van der Waals surface area contributed by atoms with Gasteiger partial charge in [-0.2, -0.15) is 0 Å². The minimum absolute atomic E-state index is 0.138. The average Bonchev–Trinajstić information content (AvgIpc) is 2.34. The van der Waals surface area contributed by atoms with Crippen LogP contribution in [0, 0.1) is 11.8 Å². The zero-order chi connectivity index (χ0) is 12.8. The molecule has 0 spiro atoms. The highest BCUT2D eigenvalue weighted by molar-refractivity contribution is 6.01. The zero-order valence-electron chi connectivity index (χ0n) is 11.2. The largest absolute Gasteiger partial charge is 0.385 e. The summed E-state index contributed by atoms with van der Waals surface area (Å²) >= 11 is 0. The molecule has 2 nitrogen and oxygen atoms in total. The maximum absolute atomic E-state index is 12.0. The highest BCUT2D eigenvalue weighted by atomic mass is 16.3. The Morgan fingerprint density at radius 1 is 1.47 bits per heavy atom. The third kappa shape index (κ3) is 2.11. The van der Waals surface area contributed by atoms with Gasteiger partial charge >= 0.3 is 0 Å². The maximum Gasteiger partial charge on any atom is 0.162 e. The summed E-state index contributed by atoms with van der Waals surface area (Å²) in [4.78, 5) is 12.0. The Kier molecular flexibility index (Phi) is 3.03. The molecule has 2 atom stereocenters. The standard InChI is InChI=1S/C15H22O2/c1-9(2)11-6-5-10(3)14-12(7-11)15(4,17)8-13(14)16/h7,9-10,17H,5-6,8H2,1-4H3. The third-order valence-corrected chi connectivity index (χ3v) is 4.11. The van der Waals surface area contributed by atoms with Gasteiger partial charge in [0.05, 0.1) is 5.60 Å². The zero-order valence-corrected chi connectivity index (χ0v) is 11.2. The van der Waals surface area contributed by atoms with E-state index in [0.717, 1.165) is 24.0 Å². The fraction of sp³-hybridized carbons (Fsp3) is 0.667. The number of hydrogen-bond acceptors (Lipinski definition) is 2. The van der Waals surface area contributed by atoms with E-state index in [1.165, 1.54) is 5.57 Å². The lowest BCUT2D eigenvalue weighted by Crippen LogP contribution is -2.23. The van der Waals surface area contributed by atoms with E-state index < -0.39 is 5.60 Å². The normalized spacial score (nSPS) is 33.9. The number of carbonyl (C=O) groups is 1. The Labute approximate surface area is 103 Å². The van der Waals surface area contributed by atoms with Gasteiger partial charge in [-0.25, -0.2) is 0 Å². The average molecular weight is 234 g/mol. The van der Waals surface area contributed by atoms with Crippen molar-refractivity contribution in [3.05, 3.63) is 22.8 Å². The van der Waals surface area contributed by atoms with E-state index in [1.54, 1.807) is 6.92 Å². The van der Waals surface area contributed by atoms with E-state index in [0.29, 0.717) is 5.92 Å². The van der Waals surface area contributed by atoms with Gasteiger partial charge in [0.25, 0.3) is 0 Å². The first-order valence-corrected chi connectivity index (χ1v) is 6.53. The van der Waals surface area contributed by atoms with Crippen LogP contribution in [0.5, 0.6) is 0 Å². The first-order valence-electron chi connectivity index (χ1n) is 6.53. The fourth-order valence-electron chi connectivity index (χ4n) is 2.96. The van der Waals surface area contributed by atoms with Crippen LogP contribution in [-0.2, 0) is 4.79 Å². The van der Waals surface area contributed by atoms with Gasteiger partial charge in [-0.15, -0.1) is 0 Å². The minimum Gasteiger partial charge on any atom is -0.385 e. The Balaban J connectivity index is 2.52. The molecular formula is C15H22O2. The Bertz CT molecular complexity index is 411. The fourth-order valence-corrected chi connectivity index (χ4v) is 2.96. The molecule has 2 heteroatoms. The van der Waals surface area contributed by atoms with Crippen LogP contribution in [0.2, 0.25) is 0 Å². The molecule has 17 heavy (non-hydrogen) atoms. The molecule has 0 heterocycles. The predicted molar refractivity (Wildman–Crippen MR) is 68.6 cm³/mol. The molecule has 94 valence electrons. The molecule has 0 aromatic rings. The van der Waals surface area contributed by atoms with Gasteiger partial charge in [0.2, 0.25) is 0 Å². The van der Waals surface area contributed by atoms with E-state index >= 15 is 0 Å². The molecule has 2 rings (SSSR count). The summed E-state index contributed by atoms with van der Waals surface area (Å²) in [5.74, 6) is 0.901. The minimum atomic E-state index is -0.953. The topological polar surface area (TPSA) is 37.3 Å². The van der Waals surface area contributed by atoms with Gasteiger partial charge in [0.15, 0.2) is 5.78 Å². The van der Waals surface area contributed by atoms with Crippen molar-refractivity contribution in [2.75, 3.05) is 0 Å². The second-order valence-corrected chi connectivity index (χ2v) is 6.01. The summed E-state index contributed by atoms with van der Waals surface area (Å²) in [6.45, 7) is 8.21. The molecule has 0 saturated carbocycles. The number of ketones is 1. The lowest BCUT2D eigenvalue weighted by atomic mass is 9.92. The van der Waals surface area contributed by atoms with Crippen LogP contribution in [-0.4, -0.2) is 16.5 Å². The van der Waals surface area contributed by atoms with Crippen molar-refractivity contribution >= 4 is 5.78 Å². The van der Waals surface area contributed by atoms with E-state index in [-0.39, 0.29) is 18.1 Å². The summed E-state index contributed by atoms with van der Waals surface area (Å²) in [6, 6.07) is 0. The summed E-state index contributed by atoms with van der Waals surface area (Å²) in [5, 5.41) is 10.4. The third-order valence-electron chi connectivity index (χ3n) is 4.11. The van der Waals surface area contributed by atoms with E-state index in [1.807, 2.05) is 0 Å². The first-order chi connectivity index (χ1) is 7.83. The van der Waals surface area contributed by atoms with E-state index in [9.17, 15) is 9.90 Å². The number of rotatable bonds is 1. The molecule has 0 saturated heterocycles. The summed E-state index contributed by atoms with van der Waals surface area (Å²) < 4.78 is 0. The molecule has 0 aliphatic heterocycles. The molecular weight excluding hydrogens is 212 g/mol. The smallest absolute Gasteiger partial charge is 0.162 e. The van der Waals surface area contributed by atoms with Gasteiger partial charge < -0.3 is 5.11 Å². The van der Waals surface area contributed by atoms with Crippen molar-refractivity contribution in [3.8, 4) is 0 Å². The first kappa shape index (κ1) is 12.6. The molecule has 0 radical (unpaired) electrons. The molecule has 0 fully saturated rings. The van der Waals surface area contributed by atoms with Crippen LogP contribution in [0.1, 0.15) is 47.0 Å². The van der Waals surface area contributed by atoms with Crippen molar-refractivity contribution in [1.82, 2.24) is 0 Å². The highest BCUT2D eigenvalue weighted by Gasteiger charge is 2.41. The number of aliphatic hydroxyl groups is 1. The van der Waals surface area contributed by atoms with Crippen molar-refractivity contribution in [3.63, 3.8) is 0 Å². The molecule has 0 aromatic heterocycles. The maximum atomic E-state index is 12.0. The monoisotopic (exact) mass is 234 g/mol. The van der Waals surface area contributed by atoms with Crippen molar-refractivity contribution in [1.29, 1.82) is 0 Å². The van der Waals surface area contributed by atoms with Crippen molar-refractivity contribution < 1.29 is 9.90 Å². The second kappa shape index (κ2) is 4.09. The Hall–Kier alpha value is -0.890. The van der Waals surface area contributed by atoms with Crippen LogP contribution in [0.15, 0.2) is 22.8 Å². The Morgan fingerprint density at radius 2 is 2.12 bits per heavy atom. The quantitative estimate of drug-likeness (QED) is 0.757. The molecule has 2 unspecified atom stereocenters. The molecule has 2 aliphatic carbocycles. The second-order valence-electron chi connectivity index (χ2n) is 6.01. The van der Waals surface area contributed by atoms with Crippen LogP contribution < -0.4 is 0 Å². The molecule has 1 N–H and O–H groups in total. The van der Waals surface area contributed by atoms with E-state index in [2.05, 4.69) is 26.8 Å². The Morgan fingerprint density at radius 3 is 2.71 bits per heavy atom. The van der Waals surface area contributed by atoms with E-state index in [4.69, 9.17) is 0 Å². The molecule has 0 bridgehead atoms. The van der Waals surface area contributed by atoms with Gasteiger partial charge in [0, 0.05) is 12.0 Å². The summed E-state index contributed by atoms with van der Waals surface area (Å²) in [5.41, 5.74) is 2.17. The number of hydrogen-bond donors (Lipinski definition) is 1. The molecule has 2 aliphatic rings. The summed E-state index contributed by atoms with van der Waals surface area (Å²) in [6.07, 6.45) is 4.40. The predicted octanol–water partition coefficient (Wildman–Crippen LogP) is 3.02. The number of Topliss-reactive ketones (excluding diaryl/α,β-unsaturated/α-hetero) is 1. The lowest BCUT2D eigenvalue weighted by Gasteiger charge is -2.19. The van der Waals surface area contributed by atoms with Crippen molar-refractivity contribution in [2.45, 2.75) is 52.6 Å². The van der Waals surface area contributed by atoms with Crippen LogP contribution >= 0.6 is 0 Å². The van der Waals surface area contributed by atoms with Gasteiger partial charge in [-0.05, 0) is 37.2 Å². The van der Waals surface area contributed by atoms with Gasteiger partial charge in [0.1, 0.15) is 0 Å². The lowest BCUT2D eigenvalue weighted by molar-refractivity contribution is -0.117. The molecule has 0 aromatic carbocycles. The highest BCUT2D eigenvalue weighted by Crippen LogP contribution is 2.42.